The topological polar surface area (TPSA) is 248 Å². The fourth-order valence-electron chi connectivity index (χ4n) is 15.0. The number of likely N-dealkylation sites (N-methyl/N-ethyl adjacent to an activating group) is 1. The number of amides is 6. The molecule has 6 aromatic rings. The Bertz CT molecular complexity index is 3670. The second-order valence-electron chi connectivity index (χ2n) is 25.0. The molecule has 12 rings (SSSR count). The molecule has 5 heterocycles. The van der Waals surface area contributed by atoms with Gasteiger partial charge < -0.3 is 35.0 Å². The van der Waals surface area contributed by atoms with Gasteiger partial charge in [0.1, 0.15) is 12.4 Å². The van der Waals surface area contributed by atoms with Gasteiger partial charge in [0.15, 0.2) is 10.8 Å². The third-order valence-corrected chi connectivity index (χ3v) is 18.6. The highest BCUT2D eigenvalue weighted by atomic mass is 32.1. The molecule has 3 aromatic carbocycles. The van der Waals surface area contributed by atoms with Crippen molar-refractivity contribution in [3.8, 4) is 11.1 Å². The van der Waals surface area contributed by atoms with Crippen LogP contribution in [0.1, 0.15) is 128 Å². The maximum Gasteiger partial charge on any atom is 0.409 e. The largest absolute Gasteiger partial charge is 0.476 e. The molecule has 4 fully saturated rings. The highest BCUT2D eigenvalue weighted by Gasteiger charge is 2.66. The molecule has 2 unspecified atom stereocenters. The first kappa shape index (κ1) is 60.1. The molecule has 20 nitrogen and oxygen atoms in total. The fraction of sp³-hybridized carbons (Fsp3) is 0.424. The minimum Gasteiger partial charge on any atom is -0.476 e. The van der Waals surface area contributed by atoms with Gasteiger partial charge in [-0.3, -0.25) is 38.9 Å². The molecule has 0 spiro atoms. The number of thiazole rings is 1. The number of carbonyl (C=O) groups excluding carboxylic acids is 6. The minimum atomic E-state index is -1.14. The van der Waals surface area contributed by atoms with E-state index in [0.29, 0.717) is 98.3 Å². The minimum absolute atomic E-state index is 0.0293. The van der Waals surface area contributed by atoms with Crippen LogP contribution in [0.4, 0.5) is 21.4 Å². The van der Waals surface area contributed by atoms with Crippen LogP contribution in [0, 0.1) is 29.2 Å². The Morgan fingerprint density at radius 1 is 0.862 bits per heavy atom. The maximum absolute atomic E-state index is 13.8. The Labute approximate surface area is 509 Å². The molecule has 4 saturated carbocycles. The number of para-hydroxylation sites is 1. The summed E-state index contributed by atoms with van der Waals surface area (Å²) < 4.78 is 15.6. The number of hydrogen-bond acceptors (Lipinski definition) is 14. The number of fused-ring (bicyclic) bond motifs is 2. The second kappa shape index (κ2) is 25.0. The average Bonchev–Trinajstić information content (AvgIpc) is 1.09. The van der Waals surface area contributed by atoms with E-state index in [9.17, 15) is 38.7 Å². The van der Waals surface area contributed by atoms with Crippen molar-refractivity contribution >= 4 is 85.9 Å². The van der Waals surface area contributed by atoms with Gasteiger partial charge in [0.2, 0.25) is 11.8 Å². The lowest BCUT2D eigenvalue weighted by atomic mass is 9.39. The van der Waals surface area contributed by atoms with Crippen LogP contribution in [0.5, 0.6) is 0 Å². The van der Waals surface area contributed by atoms with E-state index < -0.39 is 12.1 Å². The number of hydrogen-bond donors (Lipinski definition) is 4. The molecular weight excluding hydrogens is 1120 g/mol. The molecular formula is C66H73N10O10S. The summed E-state index contributed by atoms with van der Waals surface area (Å²) in [5, 5.41) is 24.7. The van der Waals surface area contributed by atoms with Crippen LogP contribution in [-0.4, -0.2) is 128 Å². The summed E-state index contributed by atoms with van der Waals surface area (Å²) in [4.78, 5) is 102. The van der Waals surface area contributed by atoms with Crippen LogP contribution in [0.2, 0.25) is 0 Å². The number of aromatic carboxylic acids is 1. The van der Waals surface area contributed by atoms with Crippen molar-refractivity contribution in [2.75, 3.05) is 62.0 Å². The number of aromatic nitrogens is 4. The summed E-state index contributed by atoms with van der Waals surface area (Å²) in [5.41, 5.74) is 6.12. The van der Waals surface area contributed by atoms with Gasteiger partial charge in [-0.2, -0.15) is 5.10 Å². The highest BCUT2D eigenvalue weighted by Crippen LogP contribution is 2.72. The quantitative estimate of drug-likeness (QED) is 0.0325. The third kappa shape index (κ3) is 13.7. The van der Waals surface area contributed by atoms with Gasteiger partial charge in [0, 0.05) is 105 Å². The number of anilines is 3. The fourth-order valence-corrected chi connectivity index (χ4v) is 15.8. The van der Waals surface area contributed by atoms with Gasteiger partial charge in [-0.05, 0) is 140 Å². The Kier molecular flexibility index (Phi) is 17.3. The van der Waals surface area contributed by atoms with Crippen molar-refractivity contribution in [3.63, 3.8) is 0 Å². The highest BCUT2D eigenvalue weighted by molar-refractivity contribution is 7.22. The van der Waals surface area contributed by atoms with E-state index in [1.165, 1.54) is 33.3 Å². The summed E-state index contributed by atoms with van der Waals surface area (Å²) in [6.07, 6.45) is 16.1. The SMILES string of the molecule is Cc1c(-c2ccc(N3CCc4cccc(C(=O)Nc5nc6ccccc6s5)c4C3)nc2C(=O)O)cnn1CC12CC3(C)CC(C)(C1)CC(OCCN(C)C(=O)OC/C=C/c1cc[c]c(NC(=O)CCNC(=O)CCCCCN4C(=O)C=CC4=O)c1)(C3)C2. The van der Waals surface area contributed by atoms with Gasteiger partial charge >= 0.3 is 12.1 Å². The Hall–Kier alpha value is -8.56. The number of carboxylic acids is 1. The molecule has 2 aliphatic heterocycles. The smallest absolute Gasteiger partial charge is 0.409 e. The third-order valence-electron chi connectivity index (χ3n) is 17.7. The van der Waals surface area contributed by atoms with E-state index in [4.69, 9.17) is 19.6 Å². The van der Waals surface area contributed by atoms with Gasteiger partial charge in [0.05, 0.1) is 28.6 Å². The van der Waals surface area contributed by atoms with Gasteiger partial charge in [-0.25, -0.2) is 19.6 Å². The average molecular weight is 1200 g/mol. The first-order valence-corrected chi connectivity index (χ1v) is 30.7. The van der Waals surface area contributed by atoms with Gasteiger partial charge in [0.25, 0.3) is 17.7 Å². The van der Waals surface area contributed by atoms with Crippen LogP contribution in [0.25, 0.3) is 27.4 Å². The first-order chi connectivity index (χ1) is 41.8. The van der Waals surface area contributed by atoms with Crippen LogP contribution < -0.4 is 20.9 Å². The van der Waals surface area contributed by atoms with E-state index in [-0.39, 0.29) is 83.1 Å². The number of imide groups is 1. The summed E-state index contributed by atoms with van der Waals surface area (Å²) in [5.74, 6) is -1.96. The zero-order valence-electron chi connectivity index (χ0n) is 49.6. The molecule has 4 bridgehead atoms. The lowest BCUT2D eigenvalue weighted by Crippen LogP contribution is -2.64. The van der Waals surface area contributed by atoms with Gasteiger partial charge in [-0.15, -0.1) is 0 Å². The molecule has 87 heavy (non-hydrogen) atoms. The van der Waals surface area contributed by atoms with E-state index >= 15 is 0 Å². The van der Waals surface area contributed by atoms with Crippen LogP contribution in [0.15, 0.2) is 97.2 Å². The van der Waals surface area contributed by atoms with Crippen molar-refractivity contribution in [1.82, 2.24) is 34.9 Å². The molecule has 4 N–H and O–H groups in total. The van der Waals surface area contributed by atoms with Crippen molar-refractivity contribution < 1.29 is 48.1 Å². The number of unbranched alkanes of at least 4 members (excludes halogenated alkanes) is 2. The van der Waals surface area contributed by atoms with Crippen LogP contribution >= 0.6 is 11.3 Å². The number of benzene rings is 3. The molecule has 0 saturated heterocycles. The number of carbonyl (C=O) groups is 7. The lowest BCUT2D eigenvalue weighted by Gasteiger charge is -2.69. The first-order valence-electron chi connectivity index (χ1n) is 29.9. The normalized spacial score (nSPS) is 21.8. The standard InChI is InChI=1S/C66H73N10O10S/c1-43-49(47-21-22-53(71-58(47)60(82)83)74-29-26-45-15-11-17-48(50(45)35-74)59(81)72-61-70-51-18-7-8-19-52(51)87-61)34-68-76(43)42-65-37-63(2)36-64(3,38-65)40-66(39-63,41-65)86-32-30-73(4)62(84)85-31-12-14-44-13-10-16-46(33-44)69-55(78)25-27-67-54(77)20-6-5-9-28-75-56(79)23-24-57(75)80/h7-8,10-15,17-19,21-24,33-34H,5-6,9,20,25-32,35-42H2,1-4H3,(H,67,77)(H,69,78)(H,82,83)(H,70,72,81)/b14-12+. The number of rotatable bonds is 24. The van der Waals surface area contributed by atoms with Crippen LogP contribution in [0.3, 0.4) is 0 Å². The van der Waals surface area contributed by atoms with Crippen molar-refractivity contribution in [1.29, 1.82) is 0 Å². The predicted octanol–water partition coefficient (Wildman–Crippen LogP) is 10.0. The summed E-state index contributed by atoms with van der Waals surface area (Å²) in [6, 6.07) is 25.5. The lowest BCUT2D eigenvalue weighted by molar-refractivity contribution is -0.248. The zero-order chi connectivity index (χ0) is 61.1. The molecule has 3 aromatic heterocycles. The van der Waals surface area contributed by atoms with E-state index in [2.05, 4.69) is 40.8 Å². The van der Waals surface area contributed by atoms with E-state index in [1.807, 2.05) is 77.2 Å². The predicted molar refractivity (Wildman–Crippen MR) is 330 cm³/mol. The number of nitrogens with one attached hydrogen (secondary N) is 3. The van der Waals surface area contributed by atoms with E-state index in [1.54, 1.807) is 37.5 Å². The van der Waals surface area contributed by atoms with Crippen molar-refractivity contribution in [2.45, 2.75) is 117 Å². The van der Waals surface area contributed by atoms with E-state index in [0.717, 1.165) is 71.1 Å². The molecule has 453 valence electrons. The zero-order valence-corrected chi connectivity index (χ0v) is 50.4. The molecule has 6 amide bonds. The molecule has 2 atom stereocenters. The van der Waals surface area contributed by atoms with Crippen LogP contribution in [-0.2, 0) is 48.2 Å². The monoisotopic (exact) mass is 1200 g/mol. The summed E-state index contributed by atoms with van der Waals surface area (Å²) in [6.45, 7) is 9.61. The Morgan fingerprint density at radius 2 is 1.66 bits per heavy atom. The van der Waals surface area contributed by atoms with Crippen molar-refractivity contribution in [2.24, 2.45) is 16.2 Å². The molecule has 6 aliphatic rings. The maximum atomic E-state index is 13.8. The second-order valence-corrected chi connectivity index (χ2v) is 26.0. The molecule has 21 heteroatoms. The van der Waals surface area contributed by atoms with Crippen molar-refractivity contribution in [3.05, 3.63) is 137 Å². The summed E-state index contributed by atoms with van der Waals surface area (Å²) >= 11 is 1.42. The number of carboxylic acid groups (broad SMARTS) is 1. The van der Waals surface area contributed by atoms with Gasteiger partial charge in [-0.1, -0.05) is 74.1 Å². The number of pyridine rings is 1. The Balaban J connectivity index is 0.649. The molecule has 1 radical (unpaired) electrons. The molecule has 4 aliphatic carbocycles. The number of nitrogens with zero attached hydrogens (tertiary/aromatic N) is 7. The number of ether oxygens (including phenoxy) is 2. The summed E-state index contributed by atoms with van der Waals surface area (Å²) in [7, 11) is 1.70. The Morgan fingerprint density at radius 3 is 2.44 bits per heavy atom.